The van der Waals surface area contributed by atoms with Crippen LogP contribution in [0.2, 0.25) is 5.02 Å². The predicted octanol–water partition coefficient (Wildman–Crippen LogP) is 4.89. The molecule has 9 nitrogen and oxygen atoms in total. The van der Waals surface area contributed by atoms with E-state index in [1.807, 2.05) is 25.1 Å². The number of ether oxygens (including phenoxy) is 1. The monoisotopic (exact) mass is 594 g/mol. The maximum atomic E-state index is 13.1. The first-order valence-corrected chi connectivity index (χ1v) is 13.8. The van der Waals surface area contributed by atoms with Gasteiger partial charge >= 0.3 is 6.36 Å². The number of hydrogen-bond acceptors (Lipinski definition) is 8. The molecule has 0 aliphatic rings. The average molecular weight is 595 g/mol. The molecule has 0 radical (unpaired) electrons. The summed E-state index contributed by atoms with van der Waals surface area (Å²) in [5, 5.41) is 3.62. The lowest BCUT2D eigenvalue weighted by atomic mass is 10.1. The Bertz CT molecular complexity index is 1620. The molecule has 1 aromatic heterocycles. The van der Waals surface area contributed by atoms with Crippen LogP contribution in [0.25, 0.3) is 10.9 Å². The second-order valence-electron chi connectivity index (χ2n) is 8.90. The van der Waals surface area contributed by atoms with E-state index in [4.69, 9.17) is 17.4 Å². The number of fused-ring (bicyclic) bond motifs is 1. The number of hydrogen-bond donors (Lipinski definition) is 4. The third-order valence-electron chi connectivity index (χ3n) is 5.95. The van der Waals surface area contributed by atoms with E-state index in [-0.39, 0.29) is 16.5 Å². The molecule has 40 heavy (non-hydrogen) atoms. The lowest BCUT2D eigenvalue weighted by molar-refractivity contribution is -0.274. The molecule has 0 unspecified atom stereocenters. The van der Waals surface area contributed by atoms with Crippen molar-refractivity contribution in [3.63, 3.8) is 0 Å². The summed E-state index contributed by atoms with van der Waals surface area (Å²) in [7, 11) is -3.97. The highest BCUT2D eigenvalue weighted by Gasteiger charge is 2.32. The van der Waals surface area contributed by atoms with Crippen molar-refractivity contribution in [3.05, 3.63) is 88.2 Å². The van der Waals surface area contributed by atoms with Crippen molar-refractivity contribution in [3.8, 4) is 5.75 Å². The van der Waals surface area contributed by atoms with Gasteiger partial charge in [-0.15, -0.1) is 13.2 Å². The van der Waals surface area contributed by atoms with Crippen LogP contribution in [0.4, 0.5) is 19.0 Å². The van der Waals surface area contributed by atoms with E-state index in [2.05, 4.69) is 30.2 Å². The second kappa shape index (κ2) is 11.9. The van der Waals surface area contributed by atoms with Crippen molar-refractivity contribution in [2.24, 2.45) is 5.84 Å². The summed E-state index contributed by atoms with van der Waals surface area (Å²) in [5.41, 5.74) is 5.30. The Morgan fingerprint density at radius 2 is 1.77 bits per heavy atom. The van der Waals surface area contributed by atoms with Crippen LogP contribution >= 0.6 is 11.6 Å². The quantitative estimate of drug-likeness (QED) is 0.151. The van der Waals surface area contributed by atoms with Gasteiger partial charge in [0.1, 0.15) is 17.4 Å². The summed E-state index contributed by atoms with van der Waals surface area (Å²) < 4.78 is 71.1. The molecule has 212 valence electrons. The molecule has 0 aliphatic carbocycles. The molecule has 0 fully saturated rings. The van der Waals surface area contributed by atoms with Crippen LogP contribution in [0.3, 0.4) is 0 Å². The Balaban J connectivity index is 1.69. The number of nitrogens with two attached hydrogens (primary N) is 1. The maximum absolute atomic E-state index is 13.1. The number of benzene rings is 3. The Morgan fingerprint density at radius 3 is 2.42 bits per heavy atom. The molecular formula is C26H26ClF3N6O3S. The van der Waals surface area contributed by atoms with Gasteiger partial charge in [0.25, 0.3) is 0 Å². The summed E-state index contributed by atoms with van der Waals surface area (Å²) in [5.74, 6) is 5.63. The normalized spacial score (nSPS) is 12.9. The first kappa shape index (κ1) is 29.5. The Morgan fingerprint density at radius 1 is 1.05 bits per heavy atom. The van der Waals surface area contributed by atoms with Gasteiger partial charge in [0.2, 0.25) is 10.0 Å². The highest BCUT2D eigenvalue weighted by molar-refractivity contribution is 7.89. The van der Waals surface area contributed by atoms with Gasteiger partial charge in [0.15, 0.2) is 0 Å². The van der Waals surface area contributed by atoms with E-state index < -0.39 is 28.2 Å². The third kappa shape index (κ3) is 7.17. The maximum Gasteiger partial charge on any atom is 0.573 e. The van der Waals surface area contributed by atoms with E-state index in [1.165, 1.54) is 24.3 Å². The number of hydrazine groups is 1. The van der Waals surface area contributed by atoms with Crippen LogP contribution in [0.5, 0.6) is 5.75 Å². The number of nitrogens with zero attached hydrogens (tertiary/aromatic N) is 2. The zero-order valence-corrected chi connectivity index (χ0v) is 23.0. The molecule has 5 N–H and O–H groups in total. The SMILES string of the molecule is Cc1nc(N[C@H](CNS(=O)(=O)c2ccc(CNN)cc2)c2ccc(OC(F)(F)F)c(Cl)c2)c2cccc(C)c2n1. The van der Waals surface area contributed by atoms with Crippen molar-refractivity contribution >= 4 is 38.3 Å². The van der Waals surface area contributed by atoms with Crippen LogP contribution in [0.15, 0.2) is 65.6 Å². The molecule has 3 aromatic carbocycles. The molecule has 4 rings (SSSR count). The minimum atomic E-state index is -4.93. The highest BCUT2D eigenvalue weighted by atomic mass is 35.5. The fourth-order valence-corrected chi connectivity index (χ4v) is 5.33. The van der Waals surface area contributed by atoms with Gasteiger partial charge in [-0.1, -0.05) is 41.9 Å². The molecule has 4 aromatic rings. The first-order chi connectivity index (χ1) is 18.9. The largest absolute Gasteiger partial charge is 0.573 e. The smallest absolute Gasteiger partial charge is 0.404 e. The van der Waals surface area contributed by atoms with Gasteiger partial charge < -0.3 is 10.1 Å². The van der Waals surface area contributed by atoms with E-state index in [0.717, 1.165) is 17.2 Å². The van der Waals surface area contributed by atoms with E-state index in [9.17, 15) is 21.6 Å². The Labute approximate surface area is 233 Å². The molecule has 1 heterocycles. The number of sulfonamides is 1. The second-order valence-corrected chi connectivity index (χ2v) is 11.1. The van der Waals surface area contributed by atoms with Gasteiger partial charge in [-0.05, 0) is 60.9 Å². The van der Waals surface area contributed by atoms with Crippen molar-refractivity contribution in [2.45, 2.75) is 37.7 Å². The molecule has 0 saturated carbocycles. The van der Waals surface area contributed by atoms with Crippen LogP contribution in [0, 0.1) is 13.8 Å². The fraction of sp³-hybridized carbons (Fsp3) is 0.231. The molecule has 0 bridgehead atoms. The third-order valence-corrected chi connectivity index (χ3v) is 7.69. The number of halogens is 4. The van der Waals surface area contributed by atoms with Crippen LogP contribution in [-0.2, 0) is 16.6 Å². The Hall–Kier alpha value is -3.49. The topological polar surface area (TPSA) is 131 Å². The minimum Gasteiger partial charge on any atom is -0.404 e. The van der Waals surface area contributed by atoms with Crippen molar-refractivity contribution < 1.29 is 26.3 Å². The lowest BCUT2D eigenvalue weighted by Crippen LogP contribution is -2.32. The van der Waals surface area contributed by atoms with Gasteiger partial charge in [-0.2, -0.15) is 0 Å². The fourth-order valence-electron chi connectivity index (χ4n) is 4.06. The van der Waals surface area contributed by atoms with Gasteiger partial charge in [-0.25, -0.2) is 23.1 Å². The molecule has 0 saturated heterocycles. The predicted molar refractivity (Wildman–Crippen MR) is 146 cm³/mol. The molecule has 0 spiro atoms. The summed E-state index contributed by atoms with van der Waals surface area (Å²) >= 11 is 6.12. The minimum absolute atomic E-state index is 0.0259. The van der Waals surface area contributed by atoms with Gasteiger partial charge in [-0.3, -0.25) is 11.3 Å². The van der Waals surface area contributed by atoms with Crippen LogP contribution in [-0.4, -0.2) is 31.3 Å². The highest BCUT2D eigenvalue weighted by Crippen LogP contribution is 2.34. The standard InChI is InChI=1S/C26H26ClF3N6O3S/c1-15-4-3-5-20-24(15)34-16(2)35-25(20)36-22(18-8-11-23(21(27)12-18)39-26(28,29)30)14-33-40(37,38)19-9-6-17(7-10-19)13-32-31/h3-12,22,32-33H,13-14,31H2,1-2H3,(H,34,35,36)/t22-/m1/s1. The van der Waals surface area contributed by atoms with Crippen molar-refractivity contribution in [1.29, 1.82) is 0 Å². The summed E-state index contributed by atoms with van der Waals surface area (Å²) in [4.78, 5) is 9.03. The number of nitrogens with one attached hydrogen (secondary N) is 3. The van der Waals surface area contributed by atoms with Crippen molar-refractivity contribution in [2.75, 3.05) is 11.9 Å². The molecule has 14 heteroatoms. The number of anilines is 1. The number of rotatable bonds is 10. The average Bonchev–Trinajstić information content (AvgIpc) is 2.88. The Kier molecular flexibility index (Phi) is 8.80. The first-order valence-electron chi connectivity index (χ1n) is 11.9. The molecule has 0 aliphatic heterocycles. The zero-order chi connectivity index (χ0) is 29.1. The number of alkyl halides is 3. The van der Waals surface area contributed by atoms with Crippen molar-refractivity contribution in [1.82, 2.24) is 20.1 Å². The molecular weight excluding hydrogens is 569 g/mol. The van der Waals surface area contributed by atoms with Gasteiger partial charge in [0.05, 0.1) is 21.5 Å². The van der Waals surface area contributed by atoms with Crippen LogP contribution in [0.1, 0.15) is 28.6 Å². The summed E-state index contributed by atoms with van der Waals surface area (Å²) in [6.07, 6.45) is -4.93. The molecule has 0 amide bonds. The summed E-state index contributed by atoms with van der Waals surface area (Å²) in [6, 6.07) is 14.6. The number of aromatic nitrogens is 2. The van der Waals surface area contributed by atoms with E-state index in [1.54, 1.807) is 19.1 Å². The molecule has 1 atom stereocenters. The van der Waals surface area contributed by atoms with Gasteiger partial charge in [0, 0.05) is 18.5 Å². The number of aryl methyl sites for hydroxylation is 2. The lowest BCUT2D eigenvalue weighted by Gasteiger charge is -2.23. The zero-order valence-electron chi connectivity index (χ0n) is 21.4. The van der Waals surface area contributed by atoms with Crippen LogP contribution < -0.4 is 26.0 Å². The van der Waals surface area contributed by atoms with E-state index >= 15 is 0 Å². The van der Waals surface area contributed by atoms with E-state index in [0.29, 0.717) is 34.7 Å². The summed E-state index contributed by atoms with van der Waals surface area (Å²) in [6.45, 7) is 3.79. The number of para-hydroxylation sites is 1.